The van der Waals surface area contributed by atoms with Gasteiger partial charge in [0.2, 0.25) is 0 Å². The zero-order valence-corrected chi connectivity index (χ0v) is 55.5. The zero-order chi connectivity index (χ0) is 71.0. The van der Waals surface area contributed by atoms with Crippen LogP contribution in [0.5, 0.6) is 5.75 Å². The number of aromatic amines is 3. The van der Waals surface area contributed by atoms with Crippen molar-refractivity contribution in [3.8, 4) is 5.75 Å². The van der Waals surface area contributed by atoms with Crippen LogP contribution < -0.4 is 21.4 Å². The number of halogens is 8. The van der Waals surface area contributed by atoms with E-state index >= 15 is 0 Å². The van der Waals surface area contributed by atoms with E-state index in [-0.39, 0.29) is 100 Å². The molecule has 31 heteroatoms. The quantitative estimate of drug-likeness (QED) is 0.0906. The Morgan fingerprint density at radius 2 is 0.951 bits per heavy atom. The third-order valence-electron chi connectivity index (χ3n) is 18.2. The molecule has 16 rings (SSSR count). The highest BCUT2D eigenvalue weighted by atomic mass is 35.5. The number of aromatic nitrogens is 13. The number of ketones is 1. The predicted molar refractivity (Wildman–Crippen MR) is 361 cm³/mol. The summed E-state index contributed by atoms with van der Waals surface area (Å²) in [5.41, 5.74) is 3.61. The topological polar surface area (TPSA) is 271 Å². The average Bonchev–Trinajstić information content (AvgIpc) is 1.64. The lowest BCUT2D eigenvalue weighted by Gasteiger charge is -2.26. The molecule has 11 aromatic rings. The summed E-state index contributed by atoms with van der Waals surface area (Å²) in [4.78, 5) is 75.9. The van der Waals surface area contributed by atoms with E-state index in [1.807, 2.05) is 15.4 Å². The van der Waals surface area contributed by atoms with Gasteiger partial charge in [-0.1, -0.05) is 66.2 Å². The van der Waals surface area contributed by atoms with E-state index < -0.39 is 23.8 Å². The summed E-state index contributed by atoms with van der Waals surface area (Å²) in [6, 6.07) is 23.3. The Morgan fingerprint density at radius 1 is 0.500 bits per heavy atom. The summed E-state index contributed by atoms with van der Waals surface area (Å²) in [5, 5.41) is 14.4. The number of rotatable bonds is 13. The first-order chi connectivity index (χ1) is 49.4. The van der Waals surface area contributed by atoms with Crippen LogP contribution in [0.2, 0.25) is 5.02 Å². The minimum atomic E-state index is -4.77. The number of ether oxygens (including phenoxy) is 5. The molecule has 532 valence electrons. The maximum Gasteiger partial charge on any atom is 0.573 e. The Balaban J connectivity index is 0.000000122. The van der Waals surface area contributed by atoms with Gasteiger partial charge in [0.05, 0.1) is 53.7 Å². The SMILES string of the molecule is O=C1CC(Cc2ccccc2OC(F)(F)F)=Nc2c1ccn2C1CCOCC1.O=c1[nH]c(Cc2ccc(F)c(Cl)c2)nc2c1cnn2C1CCOCC1.O=c1[nH]c(Cc2cccc(F)c2F)nc2c1cnn2C1CCOCC1.O=c1[nH]c(Cc2ccccc2F)nc2c1cnn2C1CCOCC1. The van der Waals surface area contributed by atoms with E-state index in [0.29, 0.717) is 132 Å². The fourth-order valence-corrected chi connectivity index (χ4v) is 13.2. The molecule has 0 radical (unpaired) electrons. The van der Waals surface area contributed by atoms with Crippen LogP contribution in [-0.4, -0.2) is 135 Å². The first-order valence-corrected chi connectivity index (χ1v) is 33.7. The summed E-state index contributed by atoms with van der Waals surface area (Å²) < 4.78 is 125. The minimum Gasteiger partial charge on any atom is -0.405 e. The molecule has 3 N–H and O–H groups in total. The van der Waals surface area contributed by atoms with Crippen LogP contribution in [0.15, 0.2) is 135 Å². The Labute approximate surface area is 580 Å². The zero-order valence-electron chi connectivity index (χ0n) is 54.7. The average molecular weight is 1430 g/mol. The predicted octanol–water partition coefficient (Wildman–Crippen LogP) is 12.0. The molecule has 23 nitrogen and oxygen atoms in total. The van der Waals surface area contributed by atoms with Gasteiger partial charge in [0.25, 0.3) is 16.7 Å². The van der Waals surface area contributed by atoms with Crippen LogP contribution in [0.4, 0.5) is 36.6 Å². The largest absolute Gasteiger partial charge is 0.573 e. The van der Waals surface area contributed by atoms with Gasteiger partial charge < -0.3 is 43.2 Å². The van der Waals surface area contributed by atoms with E-state index in [0.717, 1.165) is 63.0 Å². The molecule has 0 amide bonds. The molecular formula is C71H68ClF7N14O9. The summed E-state index contributed by atoms with van der Waals surface area (Å²) in [7, 11) is 0. The fourth-order valence-electron chi connectivity index (χ4n) is 13.0. The van der Waals surface area contributed by atoms with Crippen molar-refractivity contribution in [2.24, 2.45) is 4.99 Å². The second-order valence-corrected chi connectivity index (χ2v) is 25.5. The van der Waals surface area contributed by atoms with Crippen molar-refractivity contribution >= 4 is 62.0 Å². The number of H-pyrrole nitrogens is 3. The second kappa shape index (κ2) is 31.5. The number of hydrogen-bond donors (Lipinski definition) is 3. The highest BCUT2D eigenvalue weighted by Crippen LogP contribution is 2.36. The van der Waals surface area contributed by atoms with E-state index in [2.05, 4.69) is 54.9 Å². The molecule has 0 bridgehead atoms. The van der Waals surface area contributed by atoms with Crippen molar-refractivity contribution < 1.29 is 59.2 Å². The van der Waals surface area contributed by atoms with Crippen LogP contribution in [0.1, 0.15) is 132 Å². The Morgan fingerprint density at radius 3 is 1.45 bits per heavy atom. The number of para-hydroxylation sites is 1. The number of carbonyl (C=O) groups excluding carboxylic acids is 1. The highest BCUT2D eigenvalue weighted by Gasteiger charge is 2.34. The van der Waals surface area contributed by atoms with Crippen LogP contribution >= 0.6 is 11.6 Å². The summed E-state index contributed by atoms with van der Waals surface area (Å²) in [6.45, 7) is 5.29. The molecule has 4 saturated heterocycles. The number of nitrogens with one attached hydrogen (secondary N) is 3. The van der Waals surface area contributed by atoms with E-state index in [1.165, 1.54) is 48.7 Å². The van der Waals surface area contributed by atoms with Gasteiger partial charge in [0.1, 0.15) is 56.8 Å². The Hall–Kier alpha value is -10.0. The number of fused-ring (bicyclic) bond motifs is 4. The van der Waals surface area contributed by atoms with E-state index in [1.54, 1.807) is 64.2 Å². The van der Waals surface area contributed by atoms with Crippen molar-refractivity contribution in [2.75, 3.05) is 52.9 Å². The van der Waals surface area contributed by atoms with Gasteiger partial charge in [-0.05, 0) is 104 Å². The van der Waals surface area contributed by atoms with Crippen molar-refractivity contribution in [3.05, 3.63) is 220 Å². The van der Waals surface area contributed by atoms with Gasteiger partial charge in [-0.15, -0.1) is 13.2 Å². The summed E-state index contributed by atoms with van der Waals surface area (Å²) in [5.74, 6) is -1.17. The lowest BCUT2D eigenvalue weighted by Crippen LogP contribution is -2.21. The molecule has 0 saturated carbocycles. The number of hydrogen-bond acceptors (Lipinski definition) is 16. The van der Waals surface area contributed by atoms with E-state index in [9.17, 15) is 49.9 Å². The van der Waals surface area contributed by atoms with Crippen molar-refractivity contribution in [1.82, 2.24) is 63.8 Å². The molecule has 4 aromatic carbocycles. The van der Waals surface area contributed by atoms with Crippen LogP contribution in [-0.2, 0) is 44.6 Å². The molecule has 12 heterocycles. The number of aliphatic imine (C=N–C) groups is 1. The monoisotopic (exact) mass is 1430 g/mol. The maximum absolute atomic E-state index is 13.9. The number of carbonyl (C=O) groups is 1. The van der Waals surface area contributed by atoms with Crippen LogP contribution in [0.3, 0.4) is 0 Å². The molecule has 0 aliphatic carbocycles. The Kier molecular flexibility index (Phi) is 21.7. The van der Waals surface area contributed by atoms with Gasteiger partial charge in [-0.3, -0.25) is 19.2 Å². The number of benzene rings is 4. The molecule has 0 spiro atoms. The second-order valence-electron chi connectivity index (χ2n) is 25.0. The molecule has 102 heavy (non-hydrogen) atoms. The number of alkyl halides is 3. The van der Waals surface area contributed by atoms with Gasteiger partial charge in [0.15, 0.2) is 34.4 Å². The minimum absolute atomic E-state index is 0.00622. The smallest absolute Gasteiger partial charge is 0.405 e. The first-order valence-electron chi connectivity index (χ1n) is 33.3. The van der Waals surface area contributed by atoms with Crippen molar-refractivity contribution in [1.29, 1.82) is 0 Å². The standard InChI is InChI=1S/C20H19F3N2O3.C17H16ClFN4O2.C17H16F2N4O2.C17H17FN4O2/c21-20(22,23)28-18-4-2-1-3-13(18)11-14-12-17(26)16-5-8-25(19(16)24-14)15-6-9-27-10-7-15;18-13-7-10(1-2-14(13)19)8-15-21-16-12(17(24)22-15)9-20-23(16)11-3-5-25-6-4-11;18-13-3-1-2-10(15(13)19)8-14-21-16-12(17(24)22-14)9-20-23(16)11-4-6-25-7-5-11;18-14-4-2-1-3-11(14)9-15-20-16-13(17(23)21-15)10-19-22(16)12-5-7-24-8-6-12/h1-5,8,15H,6-7,9-12H2;1-2,7,9,11H,3-6,8H2,(H,21,22,24);1-3,9,11H,4-8H2,(H,21,22,24);1-4,10,12H,5-9H2,(H,20,21,23). The van der Waals surface area contributed by atoms with Crippen molar-refractivity contribution in [2.45, 2.75) is 114 Å². The summed E-state index contributed by atoms with van der Waals surface area (Å²) >= 11 is 5.82. The lowest BCUT2D eigenvalue weighted by atomic mass is 9.98. The molecule has 4 fully saturated rings. The molecular weight excluding hydrogens is 1360 g/mol. The Bertz CT molecular complexity index is 5040. The van der Waals surface area contributed by atoms with Gasteiger partial charge >= 0.3 is 6.36 Å². The first kappa shape index (κ1) is 70.4. The van der Waals surface area contributed by atoms with Gasteiger partial charge in [-0.2, -0.15) is 15.3 Å². The molecule has 0 atom stereocenters. The maximum atomic E-state index is 13.9. The molecule has 5 aliphatic heterocycles. The van der Waals surface area contributed by atoms with Gasteiger partial charge in [0, 0.05) is 102 Å². The number of nitrogens with zero attached hydrogens (tertiary/aromatic N) is 11. The molecule has 5 aliphatic rings. The molecule has 7 aromatic heterocycles. The van der Waals surface area contributed by atoms with Crippen LogP contribution in [0.25, 0.3) is 33.1 Å². The lowest BCUT2D eigenvalue weighted by molar-refractivity contribution is -0.274. The van der Waals surface area contributed by atoms with E-state index in [4.69, 9.17) is 30.5 Å². The van der Waals surface area contributed by atoms with Crippen molar-refractivity contribution in [3.63, 3.8) is 0 Å². The molecule has 0 unspecified atom stereocenters. The third-order valence-corrected chi connectivity index (χ3v) is 18.5. The fraction of sp³-hybridized carbons (Fsp3) is 0.366. The highest BCUT2D eigenvalue weighted by molar-refractivity contribution is 6.30. The third kappa shape index (κ3) is 16.5. The van der Waals surface area contributed by atoms with Crippen LogP contribution in [0, 0.1) is 23.3 Å². The van der Waals surface area contributed by atoms with Gasteiger partial charge in [-0.25, -0.2) is 51.6 Å². The summed E-state index contributed by atoms with van der Waals surface area (Å²) in [6.07, 6.45) is 9.09. The number of Topliss-reactive ketones (excluding diaryl/α,β-unsaturated/α-hetero) is 1. The normalized spacial score (nSPS) is 16.4.